The second kappa shape index (κ2) is 5.74. The highest BCUT2D eigenvalue weighted by Crippen LogP contribution is 2.23. The van der Waals surface area contributed by atoms with E-state index in [1.165, 1.54) is 10.9 Å². The zero-order chi connectivity index (χ0) is 14.9. The average Bonchev–Trinajstić information content (AvgIpc) is 2.46. The zero-order valence-corrected chi connectivity index (χ0v) is 13.3. The van der Waals surface area contributed by atoms with E-state index in [-0.39, 0.29) is 0 Å². The summed E-state index contributed by atoms with van der Waals surface area (Å²) in [6, 6.07) is 11.3. The van der Waals surface area contributed by atoms with Crippen LogP contribution in [-0.4, -0.2) is 35.6 Å². The van der Waals surface area contributed by atoms with Crippen LogP contribution in [0, 0.1) is 5.41 Å². The van der Waals surface area contributed by atoms with Crippen molar-refractivity contribution in [2.45, 2.75) is 33.4 Å². The third-order valence-corrected chi connectivity index (χ3v) is 4.38. The van der Waals surface area contributed by atoms with Crippen molar-refractivity contribution in [2.75, 3.05) is 19.6 Å². The van der Waals surface area contributed by atoms with E-state index in [1.54, 1.807) is 0 Å². The summed E-state index contributed by atoms with van der Waals surface area (Å²) in [7, 11) is 0. The minimum atomic E-state index is 0.311. The summed E-state index contributed by atoms with van der Waals surface area (Å²) in [5, 5.41) is 4.89. The smallest absolute Gasteiger partial charge is 0.0702 e. The van der Waals surface area contributed by atoms with Gasteiger partial charge < -0.3 is 5.32 Å². The lowest BCUT2D eigenvalue weighted by Crippen LogP contribution is -2.55. The van der Waals surface area contributed by atoms with Crippen molar-refractivity contribution in [3.05, 3.63) is 42.1 Å². The number of piperazine rings is 1. The van der Waals surface area contributed by atoms with E-state index in [1.807, 2.05) is 12.3 Å². The van der Waals surface area contributed by atoms with Gasteiger partial charge in [-0.25, -0.2) is 0 Å². The predicted octanol–water partition coefficient (Wildman–Crippen LogP) is 3.05. The number of hydrogen-bond acceptors (Lipinski definition) is 3. The van der Waals surface area contributed by atoms with Gasteiger partial charge in [-0.3, -0.25) is 9.88 Å². The van der Waals surface area contributed by atoms with Crippen LogP contribution in [0.3, 0.4) is 0 Å². The van der Waals surface area contributed by atoms with E-state index < -0.39 is 0 Å². The zero-order valence-electron chi connectivity index (χ0n) is 13.3. The average molecular weight is 283 g/mol. The van der Waals surface area contributed by atoms with Gasteiger partial charge in [0.15, 0.2) is 0 Å². The molecule has 0 amide bonds. The minimum absolute atomic E-state index is 0.311. The van der Waals surface area contributed by atoms with Gasteiger partial charge in [0.1, 0.15) is 0 Å². The molecule has 3 rings (SSSR count). The molecule has 1 aromatic heterocycles. The van der Waals surface area contributed by atoms with Crippen molar-refractivity contribution in [1.29, 1.82) is 0 Å². The summed E-state index contributed by atoms with van der Waals surface area (Å²) >= 11 is 0. The molecule has 1 atom stereocenters. The van der Waals surface area contributed by atoms with Gasteiger partial charge in [-0.1, -0.05) is 32.9 Å². The molecule has 0 bridgehead atoms. The van der Waals surface area contributed by atoms with Gasteiger partial charge in [-0.05, 0) is 29.2 Å². The molecule has 1 N–H and O–H groups in total. The van der Waals surface area contributed by atoms with Crippen molar-refractivity contribution < 1.29 is 0 Å². The molecule has 21 heavy (non-hydrogen) atoms. The van der Waals surface area contributed by atoms with E-state index >= 15 is 0 Å². The molecular formula is C18H25N3. The fourth-order valence-corrected chi connectivity index (χ4v) is 3.02. The first kappa shape index (κ1) is 14.5. The number of rotatable bonds is 2. The first-order valence-electron chi connectivity index (χ1n) is 7.82. The van der Waals surface area contributed by atoms with Crippen molar-refractivity contribution >= 4 is 10.9 Å². The van der Waals surface area contributed by atoms with Crippen LogP contribution >= 0.6 is 0 Å². The van der Waals surface area contributed by atoms with Crippen molar-refractivity contribution in [2.24, 2.45) is 5.41 Å². The Morgan fingerprint density at radius 2 is 2.14 bits per heavy atom. The maximum Gasteiger partial charge on any atom is 0.0702 e. The predicted molar refractivity (Wildman–Crippen MR) is 88.3 cm³/mol. The normalized spacial score (nSPS) is 20.8. The fraction of sp³-hybridized carbons (Fsp3) is 0.500. The van der Waals surface area contributed by atoms with Crippen LogP contribution < -0.4 is 5.32 Å². The summed E-state index contributed by atoms with van der Waals surface area (Å²) in [4.78, 5) is 6.95. The molecule has 3 nitrogen and oxygen atoms in total. The second-order valence-corrected chi connectivity index (χ2v) is 7.14. The topological polar surface area (TPSA) is 28.2 Å². The monoisotopic (exact) mass is 283 g/mol. The number of pyridine rings is 1. The highest BCUT2D eigenvalue weighted by molar-refractivity contribution is 5.78. The maximum atomic E-state index is 4.39. The maximum absolute atomic E-state index is 4.39. The van der Waals surface area contributed by atoms with Gasteiger partial charge in [0, 0.05) is 43.8 Å². The molecule has 3 heteroatoms. The number of hydrogen-bond donors (Lipinski definition) is 1. The van der Waals surface area contributed by atoms with Gasteiger partial charge in [0.2, 0.25) is 0 Å². The fourth-order valence-electron chi connectivity index (χ4n) is 3.02. The molecule has 2 heterocycles. The summed E-state index contributed by atoms with van der Waals surface area (Å²) in [6.07, 6.45) is 1.85. The molecule has 1 aliphatic heterocycles. The highest BCUT2D eigenvalue weighted by Gasteiger charge is 2.29. The molecule has 0 radical (unpaired) electrons. The van der Waals surface area contributed by atoms with E-state index in [9.17, 15) is 0 Å². The van der Waals surface area contributed by atoms with Gasteiger partial charge in [0.05, 0.1) is 5.52 Å². The Balaban J connectivity index is 1.72. The molecule has 0 spiro atoms. The van der Waals surface area contributed by atoms with E-state index in [0.717, 1.165) is 31.7 Å². The number of fused-ring (bicyclic) bond motifs is 1. The molecule has 1 unspecified atom stereocenters. The van der Waals surface area contributed by atoms with Crippen molar-refractivity contribution in [3.63, 3.8) is 0 Å². The lowest BCUT2D eigenvalue weighted by molar-refractivity contribution is 0.129. The lowest BCUT2D eigenvalue weighted by Gasteiger charge is -2.40. The molecule has 1 aliphatic rings. The molecule has 1 aromatic carbocycles. The molecular weight excluding hydrogens is 258 g/mol. The molecule has 1 saturated heterocycles. The second-order valence-electron chi connectivity index (χ2n) is 7.14. The number of nitrogens with one attached hydrogen (secondary N) is 1. The Bertz CT molecular complexity index is 615. The summed E-state index contributed by atoms with van der Waals surface area (Å²) < 4.78 is 0. The van der Waals surface area contributed by atoms with Crippen molar-refractivity contribution in [3.8, 4) is 0 Å². The Labute approximate surface area is 127 Å². The van der Waals surface area contributed by atoms with Gasteiger partial charge in [-0.15, -0.1) is 0 Å². The van der Waals surface area contributed by atoms with Crippen LogP contribution in [0.5, 0.6) is 0 Å². The van der Waals surface area contributed by atoms with Crippen LogP contribution in [0.4, 0.5) is 0 Å². The molecule has 1 fully saturated rings. The Morgan fingerprint density at radius 1 is 1.29 bits per heavy atom. The van der Waals surface area contributed by atoms with E-state index in [4.69, 9.17) is 0 Å². The van der Waals surface area contributed by atoms with Crippen LogP contribution in [0.2, 0.25) is 0 Å². The molecule has 0 saturated carbocycles. The van der Waals surface area contributed by atoms with Gasteiger partial charge in [0.25, 0.3) is 0 Å². The molecule has 0 aliphatic carbocycles. The Morgan fingerprint density at radius 3 is 2.95 bits per heavy atom. The number of nitrogens with zero attached hydrogens (tertiary/aromatic N) is 2. The van der Waals surface area contributed by atoms with Crippen LogP contribution in [-0.2, 0) is 6.54 Å². The summed E-state index contributed by atoms with van der Waals surface area (Å²) in [5.74, 6) is 0. The SMILES string of the molecule is CC(C)(C)C1CN(Cc2ccc3ncccc3c2)CCN1. The van der Waals surface area contributed by atoms with Crippen molar-refractivity contribution in [1.82, 2.24) is 15.2 Å². The molecule has 112 valence electrons. The van der Waals surface area contributed by atoms with Gasteiger partial charge in [-0.2, -0.15) is 0 Å². The number of benzene rings is 1. The highest BCUT2D eigenvalue weighted by atomic mass is 15.2. The first-order valence-corrected chi connectivity index (χ1v) is 7.82. The third-order valence-electron chi connectivity index (χ3n) is 4.38. The van der Waals surface area contributed by atoms with Gasteiger partial charge >= 0.3 is 0 Å². The summed E-state index contributed by atoms with van der Waals surface area (Å²) in [6.45, 7) is 11.3. The first-order chi connectivity index (χ1) is 10.0. The number of aromatic nitrogens is 1. The summed E-state index contributed by atoms with van der Waals surface area (Å²) in [5.41, 5.74) is 2.77. The third kappa shape index (κ3) is 3.42. The van der Waals surface area contributed by atoms with Crippen LogP contribution in [0.15, 0.2) is 36.5 Å². The van der Waals surface area contributed by atoms with E-state index in [2.05, 4.69) is 60.2 Å². The van der Waals surface area contributed by atoms with Crippen LogP contribution in [0.25, 0.3) is 10.9 Å². The minimum Gasteiger partial charge on any atom is -0.311 e. The lowest BCUT2D eigenvalue weighted by atomic mass is 9.85. The largest absolute Gasteiger partial charge is 0.311 e. The quantitative estimate of drug-likeness (QED) is 0.918. The Hall–Kier alpha value is -1.45. The standard InChI is InChI=1S/C18H25N3/c1-18(2,3)17-13-21(10-9-20-17)12-14-6-7-16-15(11-14)5-4-8-19-16/h4-8,11,17,20H,9-10,12-13H2,1-3H3. The molecule has 2 aromatic rings. The van der Waals surface area contributed by atoms with Crippen LogP contribution in [0.1, 0.15) is 26.3 Å². The Kier molecular flexibility index (Phi) is 3.96. The van der Waals surface area contributed by atoms with E-state index in [0.29, 0.717) is 11.5 Å².